The lowest BCUT2D eigenvalue weighted by Crippen LogP contribution is -2.47. The number of hydrogen-bond donors (Lipinski definition) is 1. The Morgan fingerprint density at radius 2 is 2.00 bits per heavy atom. The first-order valence-corrected chi connectivity index (χ1v) is 7.74. The standard InChI is InChI=1S/C17H25NO2/c1-3-10-17(11-5-12-18-17)16(19)14-6-8-15(9-7-14)20-13-4-2/h6-9,18H,3-5,10-13H2,1-2H3. The van der Waals surface area contributed by atoms with Crippen molar-refractivity contribution < 1.29 is 9.53 Å². The molecule has 1 unspecified atom stereocenters. The second kappa shape index (κ2) is 6.89. The monoisotopic (exact) mass is 275 g/mol. The number of nitrogens with one attached hydrogen (secondary N) is 1. The molecule has 1 aliphatic rings. The molecule has 0 radical (unpaired) electrons. The van der Waals surface area contributed by atoms with Crippen LogP contribution in [-0.2, 0) is 0 Å². The van der Waals surface area contributed by atoms with Gasteiger partial charge in [-0.25, -0.2) is 0 Å². The van der Waals surface area contributed by atoms with Crippen LogP contribution in [0.5, 0.6) is 5.75 Å². The Morgan fingerprint density at radius 1 is 1.25 bits per heavy atom. The van der Waals surface area contributed by atoms with Crippen LogP contribution in [0.25, 0.3) is 0 Å². The summed E-state index contributed by atoms with van der Waals surface area (Å²) in [7, 11) is 0. The van der Waals surface area contributed by atoms with Crippen LogP contribution in [-0.4, -0.2) is 24.5 Å². The molecular formula is C17H25NO2. The molecule has 1 heterocycles. The molecule has 110 valence electrons. The van der Waals surface area contributed by atoms with Crippen LogP contribution in [0.3, 0.4) is 0 Å². The number of carbonyl (C=O) groups excluding carboxylic acids is 1. The van der Waals surface area contributed by atoms with E-state index in [-0.39, 0.29) is 11.3 Å². The molecule has 3 nitrogen and oxygen atoms in total. The molecule has 1 atom stereocenters. The second-order valence-electron chi connectivity index (χ2n) is 5.56. The third-order valence-corrected chi connectivity index (χ3v) is 3.94. The summed E-state index contributed by atoms with van der Waals surface area (Å²) in [5, 5.41) is 3.44. The molecule has 1 fully saturated rings. The minimum absolute atomic E-state index is 0.235. The Balaban J connectivity index is 2.11. The van der Waals surface area contributed by atoms with Crippen LogP contribution in [0, 0.1) is 0 Å². The molecular weight excluding hydrogens is 250 g/mol. The summed E-state index contributed by atoms with van der Waals surface area (Å²) < 4.78 is 5.56. The van der Waals surface area contributed by atoms with E-state index in [0.29, 0.717) is 6.61 Å². The summed E-state index contributed by atoms with van der Waals surface area (Å²) >= 11 is 0. The van der Waals surface area contributed by atoms with E-state index in [1.807, 2.05) is 24.3 Å². The van der Waals surface area contributed by atoms with Crippen molar-refractivity contribution in [3.05, 3.63) is 29.8 Å². The predicted molar refractivity (Wildman–Crippen MR) is 81.4 cm³/mol. The number of rotatable bonds is 7. The highest BCUT2D eigenvalue weighted by molar-refractivity contribution is 6.03. The van der Waals surface area contributed by atoms with Gasteiger partial charge in [0.05, 0.1) is 12.1 Å². The summed E-state index contributed by atoms with van der Waals surface area (Å²) in [6.45, 7) is 5.88. The SMILES string of the molecule is CCCOc1ccc(C(=O)C2(CCC)CCCN2)cc1. The van der Waals surface area contributed by atoms with Gasteiger partial charge in [0.25, 0.3) is 0 Å². The molecule has 0 spiro atoms. The van der Waals surface area contributed by atoms with Crippen molar-refractivity contribution in [2.45, 2.75) is 51.5 Å². The maximum Gasteiger partial charge on any atom is 0.182 e. The third-order valence-electron chi connectivity index (χ3n) is 3.94. The van der Waals surface area contributed by atoms with Gasteiger partial charge in [-0.1, -0.05) is 20.3 Å². The van der Waals surface area contributed by atoms with Gasteiger partial charge >= 0.3 is 0 Å². The van der Waals surface area contributed by atoms with Gasteiger partial charge in [-0.2, -0.15) is 0 Å². The van der Waals surface area contributed by atoms with Crippen LogP contribution in [0.15, 0.2) is 24.3 Å². The smallest absolute Gasteiger partial charge is 0.182 e. The van der Waals surface area contributed by atoms with Gasteiger partial charge in [0.15, 0.2) is 5.78 Å². The zero-order valence-corrected chi connectivity index (χ0v) is 12.6. The molecule has 0 bridgehead atoms. The van der Waals surface area contributed by atoms with Crippen molar-refractivity contribution in [2.75, 3.05) is 13.2 Å². The van der Waals surface area contributed by atoms with E-state index in [0.717, 1.165) is 50.0 Å². The largest absolute Gasteiger partial charge is 0.494 e. The van der Waals surface area contributed by atoms with E-state index in [2.05, 4.69) is 19.2 Å². The van der Waals surface area contributed by atoms with Crippen molar-refractivity contribution in [1.82, 2.24) is 5.32 Å². The fourth-order valence-corrected chi connectivity index (χ4v) is 2.95. The van der Waals surface area contributed by atoms with Gasteiger partial charge in [0.2, 0.25) is 0 Å². The van der Waals surface area contributed by atoms with Gasteiger partial charge in [0.1, 0.15) is 5.75 Å². The lowest BCUT2D eigenvalue weighted by molar-refractivity contribution is 0.0857. The predicted octanol–water partition coefficient (Wildman–Crippen LogP) is 3.58. The lowest BCUT2D eigenvalue weighted by Gasteiger charge is -2.27. The molecule has 1 aromatic rings. The Morgan fingerprint density at radius 3 is 2.55 bits per heavy atom. The van der Waals surface area contributed by atoms with Crippen LogP contribution in [0.1, 0.15) is 56.3 Å². The molecule has 0 aliphatic carbocycles. The summed E-state index contributed by atoms with van der Waals surface area (Å²) in [5.41, 5.74) is 0.456. The first-order valence-electron chi connectivity index (χ1n) is 7.74. The summed E-state index contributed by atoms with van der Waals surface area (Å²) in [6.07, 6.45) is 4.97. The van der Waals surface area contributed by atoms with Crippen LogP contribution < -0.4 is 10.1 Å². The number of ether oxygens (including phenoxy) is 1. The Bertz CT molecular complexity index is 433. The Kier molecular flexibility index (Phi) is 5.18. The van der Waals surface area contributed by atoms with Crippen LogP contribution in [0.2, 0.25) is 0 Å². The van der Waals surface area contributed by atoms with Gasteiger partial charge in [-0.3, -0.25) is 4.79 Å². The molecule has 1 aliphatic heterocycles. The molecule has 0 amide bonds. The molecule has 0 saturated carbocycles. The molecule has 1 N–H and O–H groups in total. The van der Waals surface area contributed by atoms with Gasteiger partial charge in [0, 0.05) is 5.56 Å². The van der Waals surface area contributed by atoms with Gasteiger partial charge < -0.3 is 10.1 Å². The summed E-state index contributed by atoms with van der Waals surface area (Å²) in [5.74, 6) is 1.08. The third kappa shape index (κ3) is 3.21. The zero-order chi connectivity index (χ0) is 14.4. The van der Waals surface area contributed by atoms with E-state index in [1.54, 1.807) is 0 Å². The molecule has 20 heavy (non-hydrogen) atoms. The van der Waals surface area contributed by atoms with Crippen molar-refractivity contribution in [3.63, 3.8) is 0 Å². The zero-order valence-electron chi connectivity index (χ0n) is 12.6. The Hall–Kier alpha value is -1.35. The van der Waals surface area contributed by atoms with Gasteiger partial charge in [-0.15, -0.1) is 0 Å². The van der Waals surface area contributed by atoms with E-state index in [9.17, 15) is 4.79 Å². The highest BCUT2D eigenvalue weighted by Gasteiger charge is 2.40. The van der Waals surface area contributed by atoms with Crippen molar-refractivity contribution in [2.24, 2.45) is 0 Å². The molecule has 1 aromatic carbocycles. The second-order valence-corrected chi connectivity index (χ2v) is 5.56. The summed E-state index contributed by atoms with van der Waals surface area (Å²) in [4.78, 5) is 12.8. The van der Waals surface area contributed by atoms with Crippen LogP contribution in [0.4, 0.5) is 0 Å². The van der Waals surface area contributed by atoms with Crippen molar-refractivity contribution in [3.8, 4) is 5.75 Å². The maximum absolute atomic E-state index is 12.8. The number of ketones is 1. The average Bonchev–Trinajstić information content (AvgIpc) is 2.95. The first-order chi connectivity index (χ1) is 9.72. The van der Waals surface area contributed by atoms with E-state index in [1.165, 1.54) is 0 Å². The summed E-state index contributed by atoms with van der Waals surface area (Å²) in [6, 6.07) is 7.59. The fourth-order valence-electron chi connectivity index (χ4n) is 2.95. The van der Waals surface area contributed by atoms with Gasteiger partial charge in [-0.05, 0) is 56.5 Å². The van der Waals surface area contributed by atoms with E-state index < -0.39 is 0 Å². The quantitative estimate of drug-likeness (QED) is 0.773. The molecule has 0 aromatic heterocycles. The van der Waals surface area contributed by atoms with Crippen LogP contribution >= 0.6 is 0 Å². The highest BCUT2D eigenvalue weighted by atomic mass is 16.5. The topological polar surface area (TPSA) is 38.3 Å². The normalized spacial score (nSPS) is 21.9. The van der Waals surface area contributed by atoms with E-state index in [4.69, 9.17) is 4.74 Å². The number of hydrogen-bond acceptors (Lipinski definition) is 3. The molecule has 2 rings (SSSR count). The fraction of sp³-hybridized carbons (Fsp3) is 0.588. The number of Topliss-reactive ketones (excluding diaryl/α,β-unsaturated/α-hetero) is 1. The minimum Gasteiger partial charge on any atom is -0.494 e. The maximum atomic E-state index is 12.8. The highest BCUT2D eigenvalue weighted by Crippen LogP contribution is 2.29. The van der Waals surface area contributed by atoms with E-state index >= 15 is 0 Å². The Labute approximate surface area is 121 Å². The first kappa shape index (κ1) is 15.0. The average molecular weight is 275 g/mol. The molecule has 1 saturated heterocycles. The molecule has 3 heteroatoms. The number of carbonyl (C=O) groups is 1. The minimum atomic E-state index is -0.333. The number of benzene rings is 1. The lowest BCUT2D eigenvalue weighted by atomic mass is 9.84. The van der Waals surface area contributed by atoms with Crippen molar-refractivity contribution in [1.29, 1.82) is 0 Å². The van der Waals surface area contributed by atoms with Crippen molar-refractivity contribution >= 4 is 5.78 Å².